The molecule has 2 aliphatic heterocycles. The monoisotopic (exact) mass is 1210 g/mol. The molecule has 2 aliphatic rings. The van der Waals surface area contributed by atoms with E-state index in [1.807, 2.05) is 6.07 Å². The van der Waals surface area contributed by atoms with Crippen LogP contribution in [0.4, 0.5) is 67.1 Å². The molecule has 2 fully saturated rings. The van der Waals surface area contributed by atoms with Crippen LogP contribution >= 0.6 is 0 Å². The van der Waals surface area contributed by atoms with Crippen LogP contribution < -0.4 is 5.73 Å². The van der Waals surface area contributed by atoms with Crippen molar-refractivity contribution < 1.29 is 95.9 Å². The molecule has 12 nitrogen and oxygen atoms in total. The van der Waals surface area contributed by atoms with E-state index in [-0.39, 0.29) is 88.5 Å². The Balaban J connectivity index is 0.000000244. The SMILES string of the molecule is C[C@@H](OC[C@@]1(c2ccccc2)CCC(O)CN1C(=O)OCc1ccccc1)c1cc(C(F)(F)F)cc(C(F)(F)F)c1.C[C@@H](OC[C@@]1(c2ccccc2)CCC(OC(N)=O)CN1C(=O)OCc1ccccc1)c1cc(C(F)(F)F)cc(C(F)(F)F)c1. The Hall–Kier alpha value is -7.83. The van der Waals surface area contributed by atoms with Crippen molar-refractivity contribution in [3.05, 3.63) is 213 Å². The van der Waals surface area contributed by atoms with Crippen LogP contribution in [0.1, 0.15) is 107 Å². The molecule has 0 aromatic heterocycles. The minimum Gasteiger partial charge on any atom is -0.445 e. The second-order valence-corrected chi connectivity index (χ2v) is 20.5. The summed E-state index contributed by atoms with van der Waals surface area (Å²) in [6.07, 6.45) is -25.9. The first-order chi connectivity index (χ1) is 40.0. The van der Waals surface area contributed by atoms with Crippen molar-refractivity contribution in [1.29, 1.82) is 0 Å². The molecule has 2 saturated heterocycles. The number of nitrogens with zero attached hydrogens (tertiary/aromatic N) is 2. The normalized spacial score (nSPS) is 20.1. The summed E-state index contributed by atoms with van der Waals surface area (Å²) >= 11 is 0. The van der Waals surface area contributed by atoms with Crippen LogP contribution in [0, 0.1) is 0 Å². The molecule has 0 radical (unpaired) electrons. The van der Waals surface area contributed by atoms with Crippen LogP contribution in [-0.2, 0) is 72.7 Å². The van der Waals surface area contributed by atoms with Gasteiger partial charge in [0.2, 0.25) is 0 Å². The highest BCUT2D eigenvalue weighted by atomic mass is 19.4. The molecule has 24 heteroatoms. The summed E-state index contributed by atoms with van der Waals surface area (Å²) in [7, 11) is 0. The molecule has 6 aromatic carbocycles. The van der Waals surface area contributed by atoms with Crippen molar-refractivity contribution in [3.8, 4) is 0 Å². The molecule has 2 unspecified atom stereocenters. The van der Waals surface area contributed by atoms with Crippen LogP contribution in [0.2, 0.25) is 0 Å². The van der Waals surface area contributed by atoms with E-state index in [0.29, 0.717) is 41.0 Å². The Morgan fingerprint density at radius 1 is 0.518 bits per heavy atom. The second kappa shape index (κ2) is 27.0. The molecule has 2 heterocycles. The van der Waals surface area contributed by atoms with Crippen LogP contribution in [0.3, 0.4) is 0 Å². The summed E-state index contributed by atoms with van der Waals surface area (Å²) < 4.78 is 190. The highest BCUT2D eigenvalue weighted by Gasteiger charge is 2.50. The molecule has 3 N–H and O–H groups in total. The van der Waals surface area contributed by atoms with E-state index >= 15 is 0 Å². The average molecular weight is 1210 g/mol. The molecule has 0 saturated carbocycles. The summed E-state index contributed by atoms with van der Waals surface area (Å²) in [5, 5.41) is 10.5. The lowest BCUT2D eigenvalue weighted by molar-refractivity contribution is -0.145. The van der Waals surface area contributed by atoms with E-state index in [4.69, 9.17) is 29.4 Å². The summed E-state index contributed by atoms with van der Waals surface area (Å²) in [6, 6.07) is 37.7. The van der Waals surface area contributed by atoms with Crippen LogP contribution in [-0.4, -0.2) is 71.7 Å². The van der Waals surface area contributed by atoms with Gasteiger partial charge in [0.05, 0.1) is 77.9 Å². The predicted octanol–water partition coefficient (Wildman–Crippen LogP) is 15.1. The summed E-state index contributed by atoms with van der Waals surface area (Å²) in [5.74, 6) is 0. The molecule has 6 atom stereocenters. The number of aliphatic hydroxyl groups excluding tert-OH is 1. The largest absolute Gasteiger partial charge is 0.445 e. The molecule has 6 aromatic rings. The number of piperidine rings is 2. The van der Waals surface area contributed by atoms with E-state index in [0.717, 1.165) is 5.56 Å². The molecule has 0 spiro atoms. The zero-order valence-corrected chi connectivity index (χ0v) is 45.6. The number of nitrogens with two attached hydrogens (primary N) is 1. The Bertz CT molecular complexity index is 3110. The number of hydrogen-bond acceptors (Lipinski definition) is 9. The molecule has 85 heavy (non-hydrogen) atoms. The van der Waals surface area contributed by atoms with Gasteiger partial charge >= 0.3 is 43.0 Å². The summed E-state index contributed by atoms with van der Waals surface area (Å²) in [5.41, 5.74) is -1.14. The maximum atomic E-state index is 13.6. The van der Waals surface area contributed by atoms with Crippen molar-refractivity contribution in [1.82, 2.24) is 9.80 Å². The lowest BCUT2D eigenvalue weighted by Gasteiger charge is -2.48. The molecule has 8 rings (SSSR count). The van der Waals surface area contributed by atoms with Gasteiger partial charge in [-0.3, -0.25) is 9.80 Å². The molecule has 3 amide bonds. The molecule has 0 aliphatic carbocycles. The van der Waals surface area contributed by atoms with Gasteiger partial charge in [-0.15, -0.1) is 0 Å². The Kier molecular flexibility index (Phi) is 20.6. The van der Waals surface area contributed by atoms with Crippen LogP contribution in [0.5, 0.6) is 0 Å². The third kappa shape index (κ3) is 16.7. The van der Waals surface area contributed by atoms with Gasteiger partial charge in [0.15, 0.2) is 0 Å². The van der Waals surface area contributed by atoms with Gasteiger partial charge in [-0.1, -0.05) is 121 Å². The number of β-amino-alcohol motifs (C(OH)–C–C–N with tert-alkyl or cyclic N) is 1. The Morgan fingerprint density at radius 3 is 1.19 bits per heavy atom. The van der Waals surface area contributed by atoms with E-state index < -0.39 is 101 Å². The number of ether oxygens (including phenoxy) is 5. The van der Waals surface area contributed by atoms with Crippen molar-refractivity contribution in [2.24, 2.45) is 5.73 Å². The smallest absolute Gasteiger partial charge is 0.416 e. The van der Waals surface area contributed by atoms with Crippen molar-refractivity contribution in [2.75, 3.05) is 26.3 Å². The van der Waals surface area contributed by atoms with Gasteiger partial charge in [0.1, 0.15) is 19.3 Å². The highest BCUT2D eigenvalue weighted by molar-refractivity contribution is 5.71. The number of likely N-dealkylation sites (tertiary alicyclic amines) is 2. The number of aliphatic hydroxyl groups is 1. The Labute approximate surface area is 481 Å². The van der Waals surface area contributed by atoms with E-state index in [1.54, 1.807) is 115 Å². The number of primary amides is 1. The first kappa shape index (κ1) is 64.7. The fourth-order valence-corrected chi connectivity index (χ4v) is 10.1. The predicted molar refractivity (Wildman–Crippen MR) is 283 cm³/mol. The van der Waals surface area contributed by atoms with Gasteiger partial charge in [-0.25, -0.2) is 14.4 Å². The minimum absolute atomic E-state index is 0.0428. The number of benzene rings is 6. The first-order valence-electron chi connectivity index (χ1n) is 26.5. The Morgan fingerprint density at radius 2 is 0.847 bits per heavy atom. The quantitative estimate of drug-likeness (QED) is 0.0756. The maximum absolute atomic E-state index is 13.6. The number of alkyl halides is 12. The summed E-state index contributed by atoms with van der Waals surface area (Å²) in [4.78, 5) is 41.2. The number of hydrogen-bond donors (Lipinski definition) is 2. The topological polar surface area (TPSA) is 150 Å². The number of rotatable bonds is 15. The maximum Gasteiger partial charge on any atom is 0.416 e. The van der Waals surface area contributed by atoms with E-state index in [9.17, 15) is 72.2 Å². The third-order valence-corrected chi connectivity index (χ3v) is 14.6. The fraction of sp³-hybridized carbons (Fsp3) is 0.361. The standard InChI is InChI=1S/C31H30F6N2O5.C30H29F6NO4/c1-20(22-14-24(30(32,33)34)16-25(15-22)31(35,36)37)43-19-29(23-10-6-3-7-11-23)13-12-26(44-27(38)40)17-39(29)28(41)42-18-21-8-4-2-5-9-21;1-20(22-14-24(29(31,32)33)16-25(15-22)30(34,35)36)41-19-28(23-10-6-3-7-11-23)13-12-26(38)17-37(28)27(39)40-18-21-8-4-2-5-9-21/h2-11,14-16,20,26H,12-13,17-19H2,1H3,(H2,38,40);2-11,14-16,20,26,38H,12-13,17-19H2,1H3/t20-,26?,29-;20-,26?,28-/m11/s1. The van der Waals surface area contributed by atoms with E-state index in [1.165, 1.54) is 23.6 Å². The van der Waals surface area contributed by atoms with Gasteiger partial charge in [0.25, 0.3) is 0 Å². The lowest BCUT2D eigenvalue weighted by Crippen LogP contribution is -2.59. The van der Waals surface area contributed by atoms with Gasteiger partial charge < -0.3 is 34.5 Å². The minimum atomic E-state index is -5.03. The second-order valence-electron chi connectivity index (χ2n) is 20.5. The van der Waals surface area contributed by atoms with Crippen LogP contribution in [0.25, 0.3) is 0 Å². The van der Waals surface area contributed by atoms with Crippen molar-refractivity contribution >= 4 is 18.3 Å². The van der Waals surface area contributed by atoms with E-state index in [2.05, 4.69) is 0 Å². The third-order valence-electron chi connectivity index (χ3n) is 14.6. The number of amides is 3. The number of carbonyl (C=O) groups is 3. The molecular formula is C61H59F12N3O9. The van der Waals surface area contributed by atoms with Crippen molar-refractivity contribution in [3.63, 3.8) is 0 Å². The van der Waals surface area contributed by atoms with Gasteiger partial charge in [-0.05, 0) is 109 Å². The highest BCUT2D eigenvalue weighted by Crippen LogP contribution is 2.45. The zero-order chi connectivity index (χ0) is 62.0. The molecular weight excluding hydrogens is 1150 g/mol. The van der Waals surface area contributed by atoms with Gasteiger partial charge in [-0.2, -0.15) is 52.7 Å². The number of carbonyl (C=O) groups excluding carboxylic acids is 3. The molecule has 0 bridgehead atoms. The molecule has 456 valence electrons. The average Bonchev–Trinajstić information content (AvgIpc) is 1.31. The van der Waals surface area contributed by atoms with Crippen LogP contribution in [0.15, 0.2) is 158 Å². The zero-order valence-electron chi connectivity index (χ0n) is 45.6. The lowest BCUT2D eigenvalue weighted by atomic mass is 9.80. The van der Waals surface area contributed by atoms with Crippen molar-refractivity contribution in [2.45, 2.75) is 113 Å². The van der Waals surface area contributed by atoms with Gasteiger partial charge in [0, 0.05) is 0 Å². The summed E-state index contributed by atoms with van der Waals surface area (Å²) in [6.45, 7) is 1.66. The first-order valence-corrected chi connectivity index (χ1v) is 26.5. The fourth-order valence-electron chi connectivity index (χ4n) is 10.1. The number of halogens is 12.